The Morgan fingerprint density at radius 3 is 2.35 bits per heavy atom. The van der Waals surface area contributed by atoms with Crippen molar-refractivity contribution in [3.63, 3.8) is 0 Å². The molecule has 0 spiro atoms. The Labute approximate surface area is 138 Å². The summed E-state index contributed by atoms with van der Waals surface area (Å²) in [5.74, 6) is -1.26. The van der Waals surface area contributed by atoms with Gasteiger partial charge in [0, 0.05) is 0 Å². The van der Waals surface area contributed by atoms with Gasteiger partial charge in [-0.25, -0.2) is 4.79 Å². The van der Waals surface area contributed by atoms with Gasteiger partial charge in [0.2, 0.25) is 0 Å². The van der Waals surface area contributed by atoms with Crippen LogP contribution in [0.3, 0.4) is 0 Å². The fourth-order valence-corrected chi connectivity index (χ4v) is 2.59. The average Bonchev–Trinajstić information content (AvgIpc) is 2.47. The number of esters is 1. The topological polar surface area (TPSA) is 63.6 Å². The molecule has 0 bridgehead atoms. The largest absolute Gasteiger partial charge is 0.481 e. The number of benzene rings is 1. The Balaban J connectivity index is 2.48. The highest BCUT2D eigenvalue weighted by molar-refractivity contribution is 5.89. The monoisotopic (exact) mass is 318 g/mol. The van der Waals surface area contributed by atoms with E-state index < -0.39 is 5.97 Å². The number of carboxylic acids is 1. The molecule has 4 nitrogen and oxygen atoms in total. The minimum Gasteiger partial charge on any atom is -0.481 e. The van der Waals surface area contributed by atoms with Crippen molar-refractivity contribution in [2.75, 3.05) is 0 Å². The molecule has 0 aliphatic heterocycles. The molecule has 4 heteroatoms. The second-order valence-electron chi connectivity index (χ2n) is 6.25. The minimum absolute atomic E-state index is 0.196. The normalized spacial score (nSPS) is 15.6. The van der Waals surface area contributed by atoms with E-state index in [4.69, 9.17) is 9.84 Å². The van der Waals surface area contributed by atoms with E-state index in [0.717, 1.165) is 5.57 Å². The van der Waals surface area contributed by atoms with Gasteiger partial charge in [0.25, 0.3) is 0 Å². The van der Waals surface area contributed by atoms with Gasteiger partial charge < -0.3 is 9.84 Å². The van der Waals surface area contributed by atoms with Gasteiger partial charge in [-0.05, 0) is 44.7 Å². The predicted molar refractivity (Wildman–Crippen MR) is 90.3 cm³/mol. The van der Waals surface area contributed by atoms with Crippen molar-refractivity contribution < 1.29 is 19.4 Å². The van der Waals surface area contributed by atoms with Crippen molar-refractivity contribution in [1.82, 2.24) is 0 Å². The van der Waals surface area contributed by atoms with Crippen LogP contribution in [-0.4, -0.2) is 23.1 Å². The summed E-state index contributed by atoms with van der Waals surface area (Å²) < 4.78 is 5.45. The molecule has 1 aromatic carbocycles. The Hall–Kier alpha value is -2.10. The molecule has 0 aliphatic rings. The highest BCUT2D eigenvalue weighted by Gasteiger charge is 2.15. The number of carboxylic acid groups (broad SMARTS) is 1. The van der Waals surface area contributed by atoms with Crippen LogP contribution < -0.4 is 0 Å². The van der Waals surface area contributed by atoms with Gasteiger partial charge >= 0.3 is 11.9 Å². The SMILES string of the molecule is C/C(=C\[C@H](C)C[C@H](C)OC(=O)c1ccccc1)C[C@H](C)C(=O)O. The van der Waals surface area contributed by atoms with Gasteiger partial charge in [-0.3, -0.25) is 4.79 Å². The molecule has 0 heterocycles. The molecule has 0 aliphatic carbocycles. The minimum atomic E-state index is -0.782. The van der Waals surface area contributed by atoms with Crippen LogP contribution in [0, 0.1) is 11.8 Å². The van der Waals surface area contributed by atoms with E-state index in [-0.39, 0.29) is 23.9 Å². The number of allylic oxidation sites excluding steroid dienone is 2. The van der Waals surface area contributed by atoms with E-state index in [9.17, 15) is 9.59 Å². The third-order valence-electron chi connectivity index (χ3n) is 3.64. The van der Waals surface area contributed by atoms with E-state index in [0.29, 0.717) is 18.4 Å². The Morgan fingerprint density at radius 1 is 1.17 bits per heavy atom. The Morgan fingerprint density at radius 2 is 1.78 bits per heavy atom. The Bertz CT molecular complexity index is 548. The van der Waals surface area contributed by atoms with Crippen molar-refractivity contribution in [3.8, 4) is 0 Å². The molecule has 1 N–H and O–H groups in total. The summed E-state index contributed by atoms with van der Waals surface area (Å²) in [6.45, 7) is 7.56. The maximum absolute atomic E-state index is 12.0. The molecule has 0 aromatic heterocycles. The summed E-state index contributed by atoms with van der Waals surface area (Å²) in [4.78, 5) is 22.8. The quantitative estimate of drug-likeness (QED) is 0.573. The number of aliphatic carboxylic acids is 1. The highest BCUT2D eigenvalue weighted by Crippen LogP contribution is 2.18. The van der Waals surface area contributed by atoms with Gasteiger partial charge in [0.15, 0.2) is 0 Å². The molecule has 0 amide bonds. The lowest BCUT2D eigenvalue weighted by Crippen LogP contribution is -2.17. The highest BCUT2D eigenvalue weighted by atomic mass is 16.5. The van der Waals surface area contributed by atoms with E-state index in [1.165, 1.54) is 0 Å². The third-order valence-corrected chi connectivity index (χ3v) is 3.64. The number of carbonyl (C=O) groups is 2. The van der Waals surface area contributed by atoms with Gasteiger partial charge in [0.05, 0.1) is 17.6 Å². The van der Waals surface area contributed by atoms with Crippen LogP contribution in [0.4, 0.5) is 0 Å². The molecule has 0 saturated carbocycles. The van der Waals surface area contributed by atoms with Gasteiger partial charge in [-0.1, -0.05) is 43.7 Å². The molecule has 0 unspecified atom stereocenters. The zero-order chi connectivity index (χ0) is 17.4. The Kier molecular flexibility index (Phi) is 7.52. The maximum Gasteiger partial charge on any atom is 0.338 e. The van der Waals surface area contributed by atoms with E-state index in [2.05, 4.69) is 6.08 Å². The van der Waals surface area contributed by atoms with E-state index in [1.807, 2.05) is 26.8 Å². The van der Waals surface area contributed by atoms with Crippen LogP contribution in [0.5, 0.6) is 0 Å². The van der Waals surface area contributed by atoms with Crippen molar-refractivity contribution in [2.24, 2.45) is 11.8 Å². The maximum atomic E-state index is 12.0. The van der Waals surface area contributed by atoms with Crippen molar-refractivity contribution in [2.45, 2.75) is 46.6 Å². The van der Waals surface area contributed by atoms with Crippen LogP contribution in [0.1, 0.15) is 50.9 Å². The van der Waals surface area contributed by atoms with Crippen LogP contribution in [0.2, 0.25) is 0 Å². The summed E-state index contributed by atoms with van der Waals surface area (Å²) in [5.41, 5.74) is 1.60. The number of hydrogen-bond donors (Lipinski definition) is 1. The average molecular weight is 318 g/mol. The molecule has 1 aromatic rings. The second kappa shape index (κ2) is 9.13. The molecular weight excluding hydrogens is 292 g/mol. The molecule has 0 saturated heterocycles. The van der Waals surface area contributed by atoms with Crippen LogP contribution in [0.15, 0.2) is 42.0 Å². The first-order chi connectivity index (χ1) is 10.8. The van der Waals surface area contributed by atoms with Crippen molar-refractivity contribution in [3.05, 3.63) is 47.5 Å². The standard InChI is InChI=1S/C19H26O4/c1-13(11-15(3)18(20)21)10-14(2)12-16(4)23-19(22)17-8-6-5-7-9-17/h5-10,14-16H,11-12H2,1-4H3,(H,20,21)/b13-10+/t14-,15-,16-/m0/s1. The molecule has 0 fully saturated rings. The summed E-state index contributed by atoms with van der Waals surface area (Å²) in [6, 6.07) is 8.93. The summed E-state index contributed by atoms with van der Waals surface area (Å²) in [7, 11) is 0. The summed E-state index contributed by atoms with van der Waals surface area (Å²) in [5, 5.41) is 8.93. The van der Waals surface area contributed by atoms with Crippen molar-refractivity contribution in [1.29, 1.82) is 0 Å². The van der Waals surface area contributed by atoms with Gasteiger partial charge in [-0.15, -0.1) is 0 Å². The fraction of sp³-hybridized carbons (Fsp3) is 0.474. The van der Waals surface area contributed by atoms with Gasteiger partial charge in [0.1, 0.15) is 0 Å². The zero-order valence-electron chi connectivity index (χ0n) is 14.3. The fourth-order valence-electron chi connectivity index (χ4n) is 2.59. The number of carbonyl (C=O) groups excluding carboxylic acids is 1. The molecule has 0 radical (unpaired) electrons. The van der Waals surface area contributed by atoms with Gasteiger partial charge in [-0.2, -0.15) is 0 Å². The predicted octanol–water partition coefficient (Wildman–Crippen LogP) is 4.32. The van der Waals surface area contributed by atoms with Crippen LogP contribution in [-0.2, 0) is 9.53 Å². The zero-order valence-corrected chi connectivity index (χ0v) is 14.3. The molecule has 126 valence electrons. The molecular formula is C19H26O4. The lowest BCUT2D eigenvalue weighted by molar-refractivity contribution is -0.141. The molecule has 3 atom stereocenters. The lowest BCUT2D eigenvalue weighted by Gasteiger charge is -2.17. The number of hydrogen-bond acceptors (Lipinski definition) is 3. The second-order valence-corrected chi connectivity index (χ2v) is 6.25. The van der Waals surface area contributed by atoms with E-state index in [1.54, 1.807) is 31.2 Å². The first kappa shape index (κ1) is 18.9. The third kappa shape index (κ3) is 7.13. The summed E-state index contributed by atoms with van der Waals surface area (Å²) >= 11 is 0. The molecule has 1 rings (SSSR count). The van der Waals surface area contributed by atoms with Crippen molar-refractivity contribution >= 4 is 11.9 Å². The first-order valence-corrected chi connectivity index (χ1v) is 7.95. The molecule has 23 heavy (non-hydrogen) atoms. The lowest BCUT2D eigenvalue weighted by atomic mass is 9.96. The smallest absolute Gasteiger partial charge is 0.338 e. The summed E-state index contributed by atoms with van der Waals surface area (Å²) in [6.07, 6.45) is 3.11. The van der Waals surface area contributed by atoms with E-state index >= 15 is 0 Å². The van der Waals surface area contributed by atoms with Crippen LogP contribution >= 0.6 is 0 Å². The number of rotatable bonds is 8. The number of ether oxygens (including phenoxy) is 1. The van der Waals surface area contributed by atoms with Crippen LogP contribution in [0.25, 0.3) is 0 Å². The first-order valence-electron chi connectivity index (χ1n) is 7.95.